The fraction of sp³-hybridized carbons (Fsp3) is 0.0769. The Morgan fingerprint density at radius 3 is 2.36 bits per heavy atom. The Bertz CT molecular complexity index is 778. The summed E-state index contributed by atoms with van der Waals surface area (Å²) in [5, 5.41) is 0. The van der Waals surface area contributed by atoms with Crippen molar-refractivity contribution in [3.05, 3.63) is 52.1 Å². The van der Waals surface area contributed by atoms with Crippen molar-refractivity contribution in [2.45, 2.75) is 11.3 Å². The van der Waals surface area contributed by atoms with E-state index in [2.05, 4.69) is 9.46 Å². The first kappa shape index (κ1) is 16.9. The number of nitrogens with one attached hydrogen (secondary N) is 1. The zero-order valence-electron chi connectivity index (χ0n) is 10.8. The van der Waals surface area contributed by atoms with E-state index < -0.39 is 22.1 Å². The van der Waals surface area contributed by atoms with Crippen molar-refractivity contribution in [1.82, 2.24) is 0 Å². The van der Waals surface area contributed by atoms with Crippen molar-refractivity contribution in [2.75, 3.05) is 4.72 Å². The number of anilines is 1. The summed E-state index contributed by atoms with van der Waals surface area (Å²) in [6.45, 7) is 0. The second-order valence-corrected chi connectivity index (χ2v) is 6.95. The molecule has 0 aliphatic carbocycles. The van der Waals surface area contributed by atoms with Gasteiger partial charge in [-0.15, -0.1) is 13.2 Å². The van der Waals surface area contributed by atoms with Gasteiger partial charge < -0.3 is 4.74 Å². The number of sulfonamides is 1. The van der Waals surface area contributed by atoms with Crippen LogP contribution in [0.3, 0.4) is 0 Å². The van der Waals surface area contributed by atoms with E-state index in [1.807, 2.05) is 22.6 Å². The number of halogens is 4. The highest BCUT2D eigenvalue weighted by atomic mass is 127. The van der Waals surface area contributed by atoms with Gasteiger partial charge in [0, 0.05) is 9.64 Å². The molecule has 0 fully saturated rings. The number of hydrogen-bond donors (Lipinski definition) is 1. The smallest absolute Gasteiger partial charge is 0.406 e. The number of para-hydroxylation sites is 1. The van der Waals surface area contributed by atoms with Crippen LogP contribution in [-0.4, -0.2) is 14.8 Å². The third-order valence-corrected chi connectivity index (χ3v) is 4.77. The second kappa shape index (κ2) is 6.32. The third-order valence-electron chi connectivity index (χ3n) is 2.47. The SMILES string of the molecule is O=S(=O)(Nc1ccccc1I)c1cccc(OC(F)(F)F)c1. The van der Waals surface area contributed by atoms with E-state index in [1.165, 1.54) is 12.1 Å². The quantitative estimate of drug-likeness (QED) is 0.728. The molecule has 22 heavy (non-hydrogen) atoms. The molecule has 0 aliphatic rings. The summed E-state index contributed by atoms with van der Waals surface area (Å²) in [6.07, 6.45) is -4.88. The van der Waals surface area contributed by atoms with Gasteiger partial charge in [-0.1, -0.05) is 18.2 Å². The van der Waals surface area contributed by atoms with Crippen LogP contribution in [0.2, 0.25) is 0 Å². The molecule has 0 heterocycles. The molecule has 0 saturated heterocycles. The maximum atomic E-state index is 12.2. The molecule has 2 aromatic rings. The molecule has 4 nitrogen and oxygen atoms in total. The van der Waals surface area contributed by atoms with Crippen molar-refractivity contribution in [1.29, 1.82) is 0 Å². The Kier molecular flexibility index (Phi) is 4.85. The van der Waals surface area contributed by atoms with Crippen molar-refractivity contribution < 1.29 is 26.3 Å². The van der Waals surface area contributed by atoms with Gasteiger partial charge in [0.25, 0.3) is 10.0 Å². The number of alkyl halides is 3. The Balaban J connectivity index is 2.30. The fourth-order valence-corrected chi connectivity index (χ4v) is 3.41. The average Bonchev–Trinajstić information content (AvgIpc) is 2.40. The van der Waals surface area contributed by atoms with E-state index in [0.717, 1.165) is 12.1 Å². The van der Waals surface area contributed by atoms with Crippen molar-refractivity contribution in [2.24, 2.45) is 0 Å². The topological polar surface area (TPSA) is 55.4 Å². The number of rotatable bonds is 4. The van der Waals surface area contributed by atoms with Crippen LogP contribution >= 0.6 is 22.6 Å². The van der Waals surface area contributed by atoms with Crippen LogP contribution in [-0.2, 0) is 10.0 Å². The van der Waals surface area contributed by atoms with Gasteiger partial charge in [-0.3, -0.25) is 4.72 Å². The average molecular weight is 443 g/mol. The molecule has 0 aromatic heterocycles. The first-order chi connectivity index (χ1) is 10.2. The highest BCUT2D eigenvalue weighted by Gasteiger charge is 2.31. The van der Waals surface area contributed by atoms with Crippen LogP contribution in [0, 0.1) is 3.57 Å². The van der Waals surface area contributed by atoms with Gasteiger partial charge in [0.1, 0.15) is 5.75 Å². The van der Waals surface area contributed by atoms with Gasteiger partial charge in [0.15, 0.2) is 0 Å². The van der Waals surface area contributed by atoms with E-state index >= 15 is 0 Å². The van der Waals surface area contributed by atoms with Gasteiger partial charge in [-0.25, -0.2) is 8.42 Å². The van der Waals surface area contributed by atoms with E-state index in [9.17, 15) is 21.6 Å². The molecule has 0 radical (unpaired) electrons. The van der Waals surface area contributed by atoms with Gasteiger partial charge >= 0.3 is 6.36 Å². The van der Waals surface area contributed by atoms with Crippen LogP contribution in [0.5, 0.6) is 5.75 Å². The van der Waals surface area contributed by atoms with Crippen LogP contribution in [0.25, 0.3) is 0 Å². The van der Waals surface area contributed by atoms with Crippen molar-refractivity contribution in [3.8, 4) is 5.75 Å². The first-order valence-corrected chi connectivity index (χ1v) is 8.37. The summed E-state index contributed by atoms with van der Waals surface area (Å²) in [5.74, 6) is -0.599. The lowest BCUT2D eigenvalue weighted by molar-refractivity contribution is -0.274. The molecule has 0 bridgehead atoms. The molecule has 0 saturated carbocycles. The summed E-state index contributed by atoms with van der Waals surface area (Å²) in [7, 11) is -4.02. The van der Waals surface area contributed by atoms with Crippen molar-refractivity contribution >= 4 is 38.3 Å². The van der Waals surface area contributed by atoms with Crippen molar-refractivity contribution in [3.63, 3.8) is 0 Å². The molecule has 9 heteroatoms. The molecule has 118 valence electrons. The first-order valence-electron chi connectivity index (χ1n) is 5.80. The molecule has 1 N–H and O–H groups in total. The maximum Gasteiger partial charge on any atom is 0.573 e. The molecule has 0 atom stereocenters. The molecular formula is C13H9F3INO3S. The predicted octanol–water partition coefficient (Wildman–Crippen LogP) is 3.99. The summed E-state index contributed by atoms with van der Waals surface area (Å²) in [6, 6.07) is 10.8. The minimum atomic E-state index is -4.88. The van der Waals surface area contributed by atoms with Gasteiger partial charge in [0.2, 0.25) is 0 Å². The Hall–Kier alpha value is -1.49. The summed E-state index contributed by atoms with van der Waals surface area (Å²) < 4.78 is 67.7. The lowest BCUT2D eigenvalue weighted by atomic mass is 10.3. The highest BCUT2D eigenvalue weighted by molar-refractivity contribution is 14.1. The summed E-state index contributed by atoms with van der Waals surface area (Å²) in [5.41, 5.74) is 0.338. The molecule has 0 spiro atoms. The lowest BCUT2D eigenvalue weighted by Crippen LogP contribution is -2.18. The van der Waals surface area contributed by atoms with Gasteiger partial charge in [-0.05, 0) is 46.9 Å². The molecule has 0 aliphatic heterocycles. The van der Waals surface area contributed by atoms with Crippen LogP contribution in [0.15, 0.2) is 53.4 Å². The van der Waals surface area contributed by atoms with Crippen LogP contribution in [0.4, 0.5) is 18.9 Å². The zero-order chi connectivity index (χ0) is 16.4. The molecule has 0 unspecified atom stereocenters. The molecule has 0 amide bonds. The van der Waals surface area contributed by atoms with E-state index in [0.29, 0.717) is 9.26 Å². The van der Waals surface area contributed by atoms with Gasteiger partial charge in [0.05, 0.1) is 10.6 Å². The normalized spacial score (nSPS) is 12.0. The highest BCUT2D eigenvalue weighted by Crippen LogP contribution is 2.26. The second-order valence-electron chi connectivity index (χ2n) is 4.11. The molecule has 2 aromatic carbocycles. The monoisotopic (exact) mass is 443 g/mol. The molecule has 2 rings (SSSR count). The minimum absolute atomic E-state index is 0.325. The zero-order valence-corrected chi connectivity index (χ0v) is 13.7. The predicted molar refractivity (Wildman–Crippen MR) is 83.1 cm³/mol. The number of benzene rings is 2. The lowest BCUT2D eigenvalue weighted by Gasteiger charge is -2.12. The number of hydrogen-bond acceptors (Lipinski definition) is 3. The van der Waals surface area contributed by atoms with Crippen LogP contribution < -0.4 is 9.46 Å². The van der Waals surface area contributed by atoms with E-state index in [4.69, 9.17) is 0 Å². The van der Waals surface area contributed by atoms with Crippen LogP contribution in [0.1, 0.15) is 0 Å². The maximum absolute atomic E-state index is 12.2. The number of ether oxygens (including phenoxy) is 1. The summed E-state index contributed by atoms with van der Waals surface area (Å²) >= 11 is 1.94. The Labute approximate surface area is 138 Å². The van der Waals surface area contributed by atoms with E-state index in [1.54, 1.807) is 24.3 Å². The standard InChI is InChI=1S/C13H9F3INO3S/c14-13(15,16)21-9-4-3-5-10(8-9)22(19,20)18-12-7-2-1-6-11(12)17/h1-8,18H. The molecular weight excluding hydrogens is 434 g/mol. The third kappa shape index (κ3) is 4.50. The van der Waals surface area contributed by atoms with E-state index in [-0.39, 0.29) is 4.90 Å². The van der Waals surface area contributed by atoms with Gasteiger partial charge in [-0.2, -0.15) is 0 Å². The minimum Gasteiger partial charge on any atom is -0.406 e. The Morgan fingerprint density at radius 1 is 1.05 bits per heavy atom. The Morgan fingerprint density at radius 2 is 1.73 bits per heavy atom. The summed E-state index contributed by atoms with van der Waals surface area (Å²) in [4.78, 5) is -0.325. The fourth-order valence-electron chi connectivity index (χ4n) is 1.59. The largest absolute Gasteiger partial charge is 0.573 e.